The van der Waals surface area contributed by atoms with Crippen molar-refractivity contribution in [3.05, 3.63) is 29.8 Å². The number of rotatable bonds is 9. The van der Waals surface area contributed by atoms with Crippen LogP contribution >= 0.6 is 0 Å². The van der Waals surface area contributed by atoms with Crippen LogP contribution in [0.15, 0.2) is 24.3 Å². The number of ether oxygens (including phenoxy) is 1. The molecular formula is C19H30N2O3. The van der Waals surface area contributed by atoms with Crippen LogP contribution in [0.5, 0.6) is 5.75 Å². The Labute approximate surface area is 145 Å². The fraction of sp³-hybridized carbons (Fsp3) is 0.579. The van der Waals surface area contributed by atoms with Crippen LogP contribution in [0.25, 0.3) is 0 Å². The molecule has 0 heterocycles. The van der Waals surface area contributed by atoms with Crippen molar-refractivity contribution in [3.63, 3.8) is 0 Å². The van der Waals surface area contributed by atoms with Gasteiger partial charge in [-0.05, 0) is 44.4 Å². The predicted molar refractivity (Wildman–Crippen MR) is 95.8 cm³/mol. The predicted octanol–water partition coefficient (Wildman–Crippen LogP) is 3.13. The lowest BCUT2D eigenvalue weighted by atomic mass is 10.1. The highest BCUT2D eigenvalue weighted by molar-refractivity contribution is 5.87. The lowest BCUT2D eigenvalue weighted by Gasteiger charge is -2.31. The molecule has 5 heteroatoms. The van der Waals surface area contributed by atoms with E-state index in [1.54, 1.807) is 12.0 Å². The molecule has 0 saturated heterocycles. The quantitative estimate of drug-likeness (QED) is 0.755. The number of nitrogens with one attached hydrogen (secondary N) is 1. The van der Waals surface area contributed by atoms with E-state index in [4.69, 9.17) is 4.74 Å². The number of hydrogen-bond donors (Lipinski definition) is 1. The number of nitrogens with zero attached hydrogens (tertiary/aromatic N) is 1. The van der Waals surface area contributed by atoms with E-state index in [1.807, 2.05) is 52.0 Å². The van der Waals surface area contributed by atoms with E-state index < -0.39 is 6.04 Å². The summed E-state index contributed by atoms with van der Waals surface area (Å²) in [6, 6.07) is 7.19. The molecule has 1 aromatic carbocycles. The molecule has 134 valence electrons. The number of amides is 2. The molecule has 0 aliphatic carbocycles. The van der Waals surface area contributed by atoms with E-state index in [2.05, 4.69) is 5.32 Å². The van der Waals surface area contributed by atoms with Gasteiger partial charge in [0, 0.05) is 19.0 Å². The Hall–Kier alpha value is -2.04. The molecule has 24 heavy (non-hydrogen) atoms. The smallest absolute Gasteiger partial charge is 0.243 e. The Balaban J connectivity index is 2.99. The van der Waals surface area contributed by atoms with Gasteiger partial charge in [0.15, 0.2) is 0 Å². The van der Waals surface area contributed by atoms with Gasteiger partial charge >= 0.3 is 0 Å². The van der Waals surface area contributed by atoms with Crippen molar-refractivity contribution in [3.8, 4) is 5.75 Å². The molecule has 1 rings (SSSR count). The van der Waals surface area contributed by atoms with E-state index in [-0.39, 0.29) is 17.9 Å². The number of hydrogen-bond acceptors (Lipinski definition) is 3. The van der Waals surface area contributed by atoms with Gasteiger partial charge in [0.25, 0.3) is 0 Å². The Kier molecular flexibility index (Phi) is 8.30. The molecule has 0 unspecified atom stereocenters. The minimum atomic E-state index is -0.450. The van der Waals surface area contributed by atoms with Gasteiger partial charge in [0.05, 0.1) is 7.11 Å². The summed E-state index contributed by atoms with van der Waals surface area (Å²) >= 11 is 0. The van der Waals surface area contributed by atoms with Gasteiger partial charge in [-0.2, -0.15) is 0 Å². The topological polar surface area (TPSA) is 58.6 Å². The molecule has 5 nitrogen and oxygen atoms in total. The molecule has 1 atom stereocenters. The maximum Gasteiger partial charge on any atom is 0.243 e. The van der Waals surface area contributed by atoms with Gasteiger partial charge in [-0.3, -0.25) is 9.59 Å². The first-order valence-corrected chi connectivity index (χ1v) is 8.65. The van der Waals surface area contributed by atoms with Gasteiger partial charge < -0.3 is 15.0 Å². The third-order valence-corrected chi connectivity index (χ3v) is 3.79. The van der Waals surface area contributed by atoms with Gasteiger partial charge in [0.2, 0.25) is 11.8 Å². The van der Waals surface area contributed by atoms with Crippen LogP contribution in [0.4, 0.5) is 0 Å². The van der Waals surface area contributed by atoms with E-state index in [9.17, 15) is 9.59 Å². The molecule has 2 amide bonds. The molecule has 0 aliphatic heterocycles. The van der Waals surface area contributed by atoms with Crippen molar-refractivity contribution < 1.29 is 14.3 Å². The Morgan fingerprint density at radius 1 is 1.17 bits per heavy atom. The summed E-state index contributed by atoms with van der Waals surface area (Å²) in [5.41, 5.74) is 0.982. The molecule has 1 aromatic rings. The first-order chi connectivity index (χ1) is 11.4. The van der Waals surface area contributed by atoms with Gasteiger partial charge in [-0.1, -0.05) is 26.0 Å². The second kappa shape index (κ2) is 9.96. The van der Waals surface area contributed by atoms with Crippen LogP contribution in [0.3, 0.4) is 0 Å². The SMILES string of the molecule is CCCC(=O)N(Cc1ccc(OC)cc1)[C@H](CC)C(=O)NC(C)C. The first-order valence-electron chi connectivity index (χ1n) is 8.65. The highest BCUT2D eigenvalue weighted by atomic mass is 16.5. The second-order valence-corrected chi connectivity index (χ2v) is 6.21. The molecule has 0 radical (unpaired) electrons. The number of carbonyl (C=O) groups excluding carboxylic acids is 2. The van der Waals surface area contributed by atoms with Crippen molar-refractivity contribution in [2.75, 3.05) is 7.11 Å². The maximum atomic E-state index is 12.6. The highest BCUT2D eigenvalue weighted by Gasteiger charge is 2.28. The monoisotopic (exact) mass is 334 g/mol. The van der Waals surface area contributed by atoms with Crippen LogP contribution in [0.2, 0.25) is 0 Å². The number of carbonyl (C=O) groups is 2. The minimum absolute atomic E-state index is 0.0130. The number of benzene rings is 1. The van der Waals surface area contributed by atoms with Gasteiger partial charge in [-0.25, -0.2) is 0 Å². The molecule has 0 spiro atoms. The van der Waals surface area contributed by atoms with Crippen molar-refractivity contribution >= 4 is 11.8 Å². The molecular weight excluding hydrogens is 304 g/mol. The van der Waals surface area contributed by atoms with Crippen LogP contribution in [-0.4, -0.2) is 35.9 Å². The third kappa shape index (κ3) is 5.87. The van der Waals surface area contributed by atoms with E-state index in [0.29, 0.717) is 19.4 Å². The summed E-state index contributed by atoms with van der Waals surface area (Å²) in [5, 5.41) is 2.92. The fourth-order valence-corrected chi connectivity index (χ4v) is 2.59. The van der Waals surface area contributed by atoms with Crippen molar-refractivity contribution in [2.45, 2.75) is 65.6 Å². The Bertz CT molecular complexity index is 526. The average Bonchev–Trinajstić information content (AvgIpc) is 2.54. The average molecular weight is 334 g/mol. The van der Waals surface area contributed by atoms with Crippen molar-refractivity contribution in [1.82, 2.24) is 10.2 Å². The molecule has 0 aliphatic rings. The largest absolute Gasteiger partial charge is 0.497 e. The highest BCUT2D eigenvalue weighted by Crippen LogP contribution is 2.17. The summed E-state index contributed by atoms with van der Waals surface area (Å²) in [4.78, 5) is 26.8. The van der Waals surface area contributed by atoms with E-state index in [1.165, 1.54) is 0 Å². The standard InChI is InChI=1S/C19H30N2O3/c1-6-8-18(22)21(17(7-2)19(23)20-14(3)4)13-15-9-11-16(24-5)12-10-15/h9-12,14,17H,6-8,13H2,1-5H3,(H,20,23)/t17-/m1/s1. The normalized spacial score (nSPS) is 11.9. The molecule has 0 aromatic heterocycles. The Morgan fingerprint density at radius 3 is 2.25 bits per heavy atom. The molecule has 1 N–H and O–H groups in total. The van der Waals surface area contributed by atoms with Crippen LogP contribution in [-0.2, 0) is 16.1 Å². The molecule has 0 fully saturated rings. The van der Waals surface area contributed by atoms with Crippen LogP contribution in [0, 0.1) is 0 Å². The summed E-state index contributed by atoms with van der Waals surface area (Å²) < 4.78 is 5.17. The third-order valence-electron chi connectivity index (χ3n) is 3.79. The van der Waals surface area contributed by atoms with Crippen molar-refractivity contribution in [2.24, 2.45) is 0 Å². The zero-order valence-electron chi connectivity index (χ0n) is 15.5. The maximum absolute atomic E-state index is 12.6. The Morgan fingerprint density at radius 2 is 1.79 bits per heavy atom. The zero-order chi connectivity index (χ0) is 18.1. The van der Waals surface area contributed by atoms with Crippen LogP contribution in [0.1, 0.15) is 52.5 Å². The first kappa shape index (κ1) is 20.0. The summed E-state index contributed by atoms with van der Waals surface area (Å²) in [5.74, 6) is 0.694. The lowest BCUT2D eigenvalue weighted by molar-refractivity contribution is -0.141. The van der Waals surface area contributed by atoms with Crippen molar-refractivity contribution in [1.29, 1.82) is 0 Å². The summed E-state index contributed by atoms with van der Waals surface area (Å²) in [7, 11) is 1.62. The fourth-order valence-electron chi connectivity index (χ4n) is 2.59. The summed E-state index contributed by atoms with van der Waals surface area (Å²) in [6.45, 7) is 8.18. The number of methoxy groups -OCH3 is 1. The van der Waals surface area contributed by atoms with Crippen LogP contribution < -0.4 is 10.1 Å². The second-order valence-electron chi connectivity index (χ2n) is 6.21. The lowest BCUT2D eigenvalue weighted by Crippen LogP contribution is -2.50. The zero-order valence-corrected chi connectivity index (χ0v) is 15.5. The minimum Gasteiger partial charge on any atom is -0.497 e. The van der Waals surface area contributed by atoms with Gasteiger partial charge in [0.1, 0.15) is 11.8 Å². The molecule has 0 bridgehead atoms. The summed E-state index contributed by atoms with van der Waals surface area (Å²) in [6.07, 6.45) is 1.80. The van der Waals surface area contributed by atoms with Gasteiger partial charge in [-0.15, -0.1) is 0 Å². The van der Waals surface area contributed by atoms with E-state index >= 15 is 0 Å². The molecule has 0 saturated carbocycles. The van der Waals surface area contributed by atoms with E-state index in [0.717, 1.165) is 17.7 Å².